The summed E-state index contributed by atoms with van der Waals surface area (Å²) >= 11 is 0. The summed E-state index contributed by atoms with van der Waals surface area (Å²) in [5.74, 6) is -0.380. The molecule has 0 bridgehead atoms. The predicted molar refractivity (Wildman–Crippen MR) is 126 cm³/mol. The van der Waals surface area contributed by atoms with E-state index in [4.69, 9.17) is 13.7 Å². The molecular formula is C26H32O5S. The molecule has 3 atom stereocenters. The van der Waals surface area contributed by atoms with Crippen molar-refractivity contribution in [1.82, 2.24) is 0 Å². The first-order chi connectivity index (χ1) is 15.4. The van der Waals surface area contributed by atoms with Crippen molar-refractivity contribution >= 4 is 10.1 Å². The Kier molecular flexibility index (Phi) is 8.82. The number of hydrogen-bond donors (Lipinski definition) is 0. The molecule has 0 radical (unpaired) electrons. The molecule has 0 spiro atoms. The van der Waals surface area contributed by atoms with E-state index in [2.05, 4.69) is 25.3 Å². The lowest BCUT2D eigenvalue weighted by molar-refractivity contribution is -0.0799. The van der Waals surface area contributed by atoms with Crippen LogP contribution in [-0.4, -0.2) is 34.0 Å². The maximum Gasteiger partial charge on any atom is 0.297 e. The van der Waals surface area contributed by atoms with Crippen LogP contribution >= 0.6 is 0 Å². The Bertz CT molecular complexity index is 963. The van der Waals surface area contributed by atoms with E-state index in [1.807, 2.05) is 25.1 Å². The fourth-order valence-electron chi connectivity index (χ4n) is 3.85. The zero-order valence-corrected chi connectivity index (χ0v) is 19.4. The van der Waals surface area contributed by atoms with Crippen LogP contribution in [0.3, 0.4) is 0 Å². The smallest absolute Gasteiger partial charge is 0.297 e. The van der Waals surface area contributed by atoms with Crippen molar-refractivity contribution in [2.24, 2.45) is 11.8 Å². The van der Waals surface area contributed by atoms with Crippen molar-refractivity contribution in [1.29, 1.82) is 0 Å². The van der Waals surface area contributed by atoms with Crippen LogP contribution in [0.25, 0.3) is 0 Å². The molecule has 0 saturated carbocycles. The monoisotopic (exact) mass is 456 g/mol. The van der Waals surface area contributed by atoms with Crippen LogP contribution in [0.4, 0.5) is 0 Å². The topological polar surface area (TPSA) is 61.8 Å². The summed E-state index contributed by atoms with van der Waals surface area (Å²) < 4.78 is 43.3. The normalized spacial score (nSPS) is 17.5. The van der Waals surface area contributed by atoms with Gasteiger partial charge in [-0.05, 0) is 43.9 Å². The molecule has 0 aliphatic carbocycles. The van der Waals surface area contributed by atoms with Crippen molar-refractivity contribution < 1.29 is 22.1 Å². The summed E-state index contributed by atoms with van der Waals surface area (Å²) in [6, 6.07) is 16.8. The van der Waals surface area contributed by atoms with Gasteiger partial charge in [-0.2, -0.15) is 8.42 Å². The SMILES string of the molecule is C=CC(CCc1ccccc1)C(CC(C=C)C1OCCO1)OS(=O)(=O)c1ccc(C)cc1. The minimum absolute atomic E-state index is 0.141. The Labute approximate surface area is 191 Å². The van der Waals surface area contributed by atoms with Gasteiger partial charge in [0.05, 0.1) is 24.2 Å². The Balaban J connectivity index is 1.82. The fraction of sp³-hybridized carbons (Fsp3) is 0.385. The van der Waals surface area contributed by atoms with Gasteiger partial charge in [-0.15, -0.1) is 13.2 Å². The first-order valence-electron chi connectivity index (χ1n) is 10.9. The van der Waals surface area contributed by atoms with E-state index < -0.39 is 22.5 Å². The Morgan fingerprint density at radius 2 is 1.69 bits per heavy atom. The highest BCUT2D eigenvalue weighted by Crippen LogP contribution is 2.30. The van der Waals surface area contributed by atoms with Crippen LogP contribution in [-0.2, 0) is 30.2 Å². The second-order valence-electron chi connectivity index (χ2n) is 8.07. The molecule has 5 nitrogen and oxygen atoms in total. The summed E-state index contributed by atoms with van der Waals surface area (Å²) in [4.78, 5) is 0.141. The van der Waals surface area contributed by atoms with Gasteiger partial charge < -0.3 is 9.47 Å². The predicted octanol–water partition coefficient (Wildman–Crippen LogP) is 5.07. The van der Waals surface area contributed by atoms with Crippen LogP contribution in [0.1, 0.15) is 24.0 Å². The zero-order chi connectivity index (χ0) is 23.0. The fourth-order valence-corrected chi connectivity index (χ4v) is 4.98. The average molecular weight is 457 g/mol. The molecule has 0 N–H and O–H groups in total. The second-order valence-corrected chi connectivity index (χ2v) is 9.64. The molecular weight excluding hydrogens is 424 g/mol. The van der Waals surface area contributed by atoms with E-state index in [0.717, 1.165) is 12.0 Å². The minimum atomic E-state index is -3.96. The van der Waals surface area contributed by atoms with E-state index in [9.17, 15) is 8.42 Å². The molecule has 1 fully saturated rings. The lowest BCUT2D eigenvalue weighted by atomic mass is 9.88. The summed E-state index contributed by atoms with van der Waals surface area (Å²) in [7, 11) is -3.96. The highest BCUT2D eigenvalue weighted by atomic mass is 32.2. The third kappa shape index (κ3) is 6.62. The Hall–Kier alpha value is -2.25. The van der Waals surface area contributed by atoms with Gasteiger partial charge in [0.1, 0.15) is 0 Å². The van der Waals surface area contributed by atoms with Crippen molar-refractivity contribution in [3.05, 3.63) is 91.0 Å². The van der Waals surface area contributed by atoms with Gasteiger partial charge in [0.25, 0.3) is 10.1 Å². The first kappa shape index (κ1) is 24.4. The molecule has 3 unspecified atom stereocenters. The van der Waals surface area contributed by atoms with E-state index in [-0.39, 0.29) is 16.7 Å². The maximum atomic E-state index is 13.1. The molecule has 1 aliphatic heterocycles. The zero-order valence-electron chi connectivity index (χ0n) is 18.6. The second kappa shape index (κ2) is 11.6. The number of ether oxygens (including phenoxy) is 2. The third-order valence-electron chi connectivity index (χ3n) is 5.75. The number of rotatable bonds is 12. The number of hydrogen-bond acceptors (Lipinski definition) is 5. The minimum Gasteiger partial charge on any atom is -0.350 e. The van der Waals surface area contributed by atoms with Gasteiger partial charge in [0, 0.05) is 11.8 Å². The van der Waals surface area contributed by atoms with Gasteiger partial charge >= 0.3 is 0 Å². The lowest BCUT2D eigenvalue weighted by Gasteiger charge is -2.29. The molecule has 0 aromatic heterocycles. The van der Waals surface area contributed by atoms with E-state index in [0.29, 0.717) is 26.1 Å². The molecule has 2 aromatic carbocycles. The standard InChI is InChI=1S/C26H32O5S/c1-4-22(14-13-21-9-7-6-8-10-21)25(19-23(5-2)26-29-17-18-30-26)31-32(27,28)24-15-11-20(3)12-16-24/h4-12,15-16,22-23,25-26H,1-2,13-14,17-19H2,3H3. The molecule has 6 heteroatoms. The summed E-state index contributed by atoms with van der Waals surface area (Å²) in [6.45, 7) is 10.8. The molecule has 1 saturated heterocycles. The first-order valence-corrected chi connectivity index (χ1v) is 12.4. The third-order valence-corrected chi connectivity index (χ3v) is 7.10. The van der Waals surface area contributed by atoms with E-state index >= 15 is 0 Å². The Morgan fingerprint density at radius 3 is 2.28 bits per heavy atom. The quantitative estimate of drug-likeness (QED) is 0.330. The Morgan fingerprint density at radius 1 is 1.03 bits per heavy atom. The van der Waals surface area contributed by atoms with Crippen molar-refractivity contribution in [2.75, 3.05) is 13.2 Å². The van der Waals surface area contributed by atoms with Gasteiger partial charge in [0.2, 0.25) is 0 Å². The summed E-state index contributed by atoms with van der Waals surface area (Å²) in [6.07, 6.45) is 4.36. The molecule has 2 aromatic rings. The van der Waals surface area contributed by atoms with Crippen LogP contribution in [0.5, 0.6) is 0 Å². The highest BCUT2D eigenvalue weighted by Gasteiger charge is 2.33. The van der Waals surface area contributed by atoms with Crippen LogP contribution < -0.4 is 0 Å². The number of benzene rings is 2. The molecule has 32 heavy (non-hydrogen) atoms. The highest BCUT2D eigenvalue weighted by molar-refractivity contribution is 7.86. The largest absolute Gasteiger partial charge is 0.350 e. The average Bonchev–Trinajstić information content (AvgIpc) is 3.33. The molecule has 172 valence electrons. The van der Waals surface area contributed by atoms with Gasteiger partial charge in [0.15, 0.2) is 6.29 Å². The van der Waals surface area contributed by atoms with Gasteiger partial charge in [-0.3, -0.25) is 4.18 Å². The number of aryl methyl sites for hydroxylation is 2. The van der Waals surface area contributed by atoms with Crippen LogP contribution in [0.2, 0.25) is 0 Å². The van der Waals surface area contributed by atoms with Crippen molar-refractivity contribution in [3.8, 4) is 0 Å². The molecule has 1 aliphatic rings. The van der Waals surface area contributed by atoms with Gasteiger partial charge in [-0.1, -0.05) is 60.2 Å². The van der Waals surface area contributed by atoms with E-state index in [1.54, 1.807) is 36.4 Å². The van der Waals surface area contributed by atoms with Crippen LogP contribution in [0, 0.1) is 18.8 Å². The van der Waals surface area contributed by atoms with E-state index in [1.165, 1.54) is 5.56 Å². The van der Waals surface area contributed by atoms with Crippen molar-refractivity contribution in [3.63, 3.8) is 0 Å². The molecule has 1 heterocycles. The maximum absolute atomic E-state index is 13.1. The summed E-state index contributed by atoms with van der Waals surface area (Å²) in [5.41, 5.74) is 2.16. The van der Waals surface area contributed by atoms with Crippen LogP contribution in [0.15, 0.2) is 84.8 Å². The van der Waals surface area contributed by atoms with Crippen molar-refractivity contribution in [2.45, 2.75) is 43.5 Å². The molecule has 3 rings (SSSR count). The van der Waals surface area contributed by atoms with Gasteiger partial charge in [-0.25, -0.2) is 0 Å². The molecule has 0 amide bonds. The summed E-state index contributed by atoms with van der Waals surface area (Å²) in [5, 5.41) is 0. The lowest BCUT2D eigenvalue weighted by Crippen LogP contribution is -2.32.